The maximum absolute atomic E-state index is 12.1. The highest BCUT2D eigenvalue weighted by atomic mass is 35.5. The van der Waals surface area contributed by atoms with Crippen LogP contribution in [0.1, 0.15) is 32.6 Å². The fraction of sp³-hybridized carbons (Fsp3) is 0.500. The van der Waals surface area contributed by atoms with Crippen LogP contribution in [0.3, 0.4) is 0 Å². The molecule has 1 saturated heterocycles. The summed E-state index contributed by atoms with van der Waals surface area (Å²) in [6.07, 6.45) is 4.66. The molecule has 2 heterocycles. The standard InChI is InChI=1S/C20H25Cl2N3O2/c1-15-8-11-24(12-9-15)10-2-3-13-27-19-6-7-20(26)25(23-19)16-4-5-17(21)18(22)14-16/h4-7,14-15H,2-3,8-13H2,1H3. The van der Waals surface area contributed by atoms with Gasteiger partial charge in [0, 0.05) is 12.1 Å². The van der Waals surface area contributed by atoms with Crippen LogP contribution in [0.25, 0.3) is 5.69 Å². The second-order valence-corrected chi connectivity index (χ2v) is 7.91. The van der Waals surface area contributed by atoms with Crippen molar-refractivity contribution in [2.75, 3.05) is 26.2 Å². The van der Waals surface area contributed by atoms with E-state index in [-0.39, 0.29) is 5.56 Å². The van der Waals surface area contributed by atoms with Gasteiger partial charge >= 0.3 is 0 Å². The van der Waals surface area contributed by atoms with E-state index in [0.717, 1.165) is 25.3 Å². The number of rotatable bonds is 7. The number of hydrogen-bond donors (Lipinski definition) is 0. The first-order valence-corrected chi connectivity index (χ1v) is 10.2. The van der Waals surface area contributed by atoms with Crippen molar-refractivity contribution >= 4 is 23.2 Å². The Labute approximate surface area is 169 Å². The zero-order chi connectivity index (χ0) is 19.2. The van der Waals surface area contributed by atoms with Gasteiger partial charge in [0.15, 0.2) is 0 Å². The normalized spacial score (nSPS) is 15.8. The van der Waals surface area contributed by atoms with Crippen LogP contribution in [0.15, 0.2) is 35.1 Å². The number of likely N-dealkylation sites (tertiary alicyclic amines) is 1. The molecule has 0 bridgehead atoms. The molecule has 3 rings (SSSR count). The molecular formula is C20H25Cl2N3O2. The van der Waals surface area contributed by atoms with Gasteiger partial charge in [0.1, 0.15) is 0 Å². The van der Waals surface area contributed by atoms with Gasteiger partial charge in [-0.25, -0.2) is 0 Å². The largest absolute Gasteiger partial charge is 0.477 e. The maximum atomic E-state index is 12.1. The average Bonchev–Trinajstić information content (AvgIpc) is 2.66. The van der Waals surface area contributed by atoms with Gasteiger partial charge in [-0.15, -0.1) is 5.10 Å². The van der Waals surface area contributed by atoms with Crippen molar-refractivity contribution in [3.8, 4) is 11.6 Å². The molecular weight excluding hydrogens is 385 g/mol. The van der Waals surface area contributed by atoms with Crippen LogP contribution in [-0.2, 0) is 0 Å². The minimum Gasteiger partial charge on any atom is -0.477 e. The van der Waals surface area contributed by atoms with Gasteiger partial charge in [0.2, 0.25) is 5.88 Å². The Kier molecular flexibility index (Phi) is 7.16. The molecule has 0 saturated carbocycles. The molecule has 1 aromatic carbocycles. The van der Waals surface area contributed by atoms with Gasteiger partial charge in [-0.2, -0.15) is 4.68 Å². The molecule has 0 atom stereocenters. The predicted octanol–water partition coefficient (Wildman–Crippen LogP) is 4.43. The number of nitrogens with zero attached hydrogens (tertiary/aromatic N) is 3. The first-order chi connectivity index (χ1) is 13.0. The Morgan fingerprint density at radius 2 is 1.89 bits per heavy atom. The zero-order valence-electron chi connectivity index (χ0n) is 15.5. The van der Waals surface area contributed by atoms with E-state index in [1.807, 2.05) is 0 Å². The molecule has 0 amide bonds. The molecule has 1 fully saturated rings. The highest BCUT2D eigenvalue weighted by molar-refractivity contribution is 6.42. The van der Waals surface area contributed by atoms with Crippen LogP contribution in [0.5, 0.6) is 5.88 Å². The van der Waals surface area contributed by atoms with E-state index in [0.29, 0.717) is 28.2 Å². The smallest absolute Gasteiger partial charge is 0.271 e. The summed E-state index contributed by atoms with van der Waals surface area (Å²) < 4.78 is 7.01. The Balaban J connectivity index is 1.51. The summed E-state index contributed by atoms with van der Waals surface area (Å²) >= 11 is 12.0. The lowest BCUT2D eigenvalue weighted by Crippen LogP contribution is -2.33. The summed E-state index contributed by atoms with van der Waals surface area (Å²) in [6.45, 7) is 6.44. The minimum atomic E-state index is -0.250. The lowest BCUT2D eigenvalue weighted by Gasteiger charge is -2.30. The first kappa shape index (κ1) is 20.2. The van der Waals surface area contributed by atoms with Crippen LogP contribution in [0.2, 0.25) is 10.0 Å². The highest BCUT2D eigenvalue weighted by Crippen LogP contribution is 2.23. The molecule has 27 heavy (non-hydrogen) atoms. The molecule has 2 aromatic rings. The summed E-state index contributed by atoms with van der Waals surface area (Å²) in [6, 6.07) is 8.00. The van der Waals surface area contributed by atoms with Gasteiger partial charge in [-0.1, -0.05) is 30.1 Å². The van der Waals surface area contributed by atoms with Gasteiger partial charge in [0.25, 0.3) is 5.56 Å². The molecule has 0 unspecified atom stereocenters. The predicted molar refractivity (Wildman–Crippen MR) is 109 cm³/mol. The maximum Gasteiger partial charge on any atom is 0.271 e. The Bertz CT molecular complexity index is 817. The number of ether oxygens (including phenoxy) is 1. The van der Waals surface area contributed by atoms with Crippen LogP contribution >= 0.6 is 23.2 Å². The Morgan fingerprint density at radius 3 is 2.63 bits per heavy atom. The topological polar surface area (TPSA) is 47.4 Å². The molecule has 146 valence electrons. The van der Waals surface area contributed by atoms with Crippen LogP contribution in [-0.4, -0.2) is 40.9 Å². The van der Waals surface area contributed by atoms with Crippen molar-refractivity contribution in [2.45, 2.75) is 32.6 Å². The molecule has 1 aliphatic heterocycles. The number of hydrogen-bond acceptors (Lipinski definition) is 4. The third kappa shape index (κ3) is 5.71. The fourth-order valence-electron chi connectivity index (χ4n) is 3.17. The van der Waals surface area contributed by atoms with Crippen molar-refractivity contribution < 1.29 is 4.74 Å². The molecule has 0 aliphatic carbocycles. The second kappa shape index (κ2) is 9.58. The second-order valence-electron chi connectivity index (χ2n) is 7.10. The molecule has 1 aliphatic rings. The van der Waals surface area contributed by atoms with Crippen molar-refractivity contribution in [2.24, 2.45) is 5.92 Å². The van der Waals surface area contributed by atoms with Crippen molar-refractivity contribution in [1.82, 2.24) is 14.7 Å². The molecule has 1 aromatic heterocycles. The average molecular weight is 410 g/mol. The third-order valence-corrected chi connectivity index (χ3v) is 5.66. The molecule has 0 N–H and O–H groups in total. The number of halogens is 2. The Hall–Kier alpha value is -1.56. The number of aromatic nitrogens is 2. The molecule has 5 nitrogen and oxygen atoms in total. The van der Waals surface area contributed by atoms with Crippen molar-refractivity contribution in [1.29, 1.82) is 0 Å². The van der Waals surface area contributed by atoms with E-state index in [9.17, 15) is 4.79 Å². The minimum absolute atomic E-state index is 0.250. The van der Waals surface area contributed by atoms with E-state index < -0.39 is 0 Å². The Morgan fingerprint density at radius 1 is 1.11 bits per heavy atom. The van der Waals surface area contributed by atoms with Gasteiger partial charge in [-0.05, 0) is 69.4 Å². The quantitative estimate of drug-likeness (QED) is 0.634. The van der Waals surface area contributed by atoms with E-state index in [2.05, 4.69) is 16.9 Å². The monoisotopic (exact) mass is 409 g/mol. The summed E-state index contributed by atoms with van der Waals surface area (Å²) in [4.78, 5) is 14.6. The SMILES string of the molecule is CC1CCN(CCCCOc2ccc(=O)n(-c3ccc(Cl)c(Cl)c3)n2)CC1. The summed E-state index contributed by atoms with van der Waals surface area (Å²) in [5, 5.41) is 5.09. The van der Waals surface area contributed by atoms with Crippen LogP contribution in [0, 0.1) is 5.92 Å². The van der Waals surface area contributed by atoms with Crippen molar-refractivity contribution in [3.63, 3.8) is 0 Å². The summed E-state index contributed by atoms with van der Waals surface area (Å²) in [7, 11) is 0. The van der Waals surface area contributed by atoms with E-state index in [1.165, 1.54) is 36.7 Å². The summed E-state index contributed by atoms with van der Waals surface area (Å²) in [5.41, 5.74) is 0.305. The number of unbranched alkanes of at least 4 members (excludes halogenated alkanes) is 1. The van der Waals surface area contributed by atoms with E-state index >= 15 is 0 Å². The van der Waals surface area contributed by atoms with Gasteiger partial charge in [0.05, 0.1) is 22.3 Å². The highest BCUT2D eigenvalue weighted by Gasteiger charge is 2.14. The van der Waals surface area contributed by atoms with E-state index in [4.69, 9.17) is 27.9 Å². The van der Waals surface area contributed by atoms with Gasteiger partial charge < -0.3 is 9.64 Å². The zero-order valence-corrected chi connectivity index (χ0v) is 17.0. The molecule has 0 radical (unpaired) electrons. The van der Waals surface area contributed by atoms with E-state index in [1.54, 1.807) is 24.3 Å². The number of benzene rings is 1. The molecule has 7 heteroatoms. The van der Waals surface area contributed by atoms with Crippen LogP contribution < -0.4 is 10.3 Å². The third-order valence-electron chi connectivity index (χ3n) is 4.92. The summed E-state index contributed by atoms with van der Waals surface area (Å²) in [5.74, 6) is 1.29. The fourth-order valence-corrected chi connectivity index (χ4v) is 3.47. The lowest BCUT2D eigenvalue weighted by atomic mass is 9.99. The first-order valence-electron chi connectivity index (χ1n) is 9.44. The van der Waals surface area contributed by atoms with Crippen molar-refractivity contribution in [3.05, 3.63) is 50.7 Å². The number of piperidine rings is 1. The molecule has 0 spiro atoms. The van der Waals surface area contributed by atoms with Crippen LogP contribution in [0.4, 0.5) is 0 Å². The van der Waals surface area contributed by atoms with Gasteiger partial charge in [-0.3, -0.25) is 4.79 Å². The lowest BCUT2D eigenvalue weighted by molar-refractivity contribution is 0.184.